The van der Waals surface area contributed by atoms with E-state index >= 15 is 0 Å². The van der Waals surface area contributed by atoms with Gasteiger partial charge in [-0.2, -0.15) is 0 Å². The molecule has 34 heavy (non-hydrogen) atoms. The lowest BCUT2D eigenvalue weighted by atomic mass is 9.92. The van der Waals surface area contributed by atoms with E-state index in [4.69, 9.17) is 0 Å². The monoisotopic (exact) mass is 469 g/mol. The number of halogens is 3. The Morgan fingerprint density at radius 2 is 1.74 bits per heavy atom. The number of hydrogen-bond acceptors (Lipinski definition) is 4. The predicted molar refractivity (Wildman–Crippen MR) is 124 cm³/mol. The van der Waals surface area contributed by atoms with Crippen molar-refractivity contribution in [3.05, 3.63) is 94.8 Å². The van der Waals surface area contributed by atoms with Crippen molar-refractivity contribution in [3.63, 3.8) is 0 Å². The van der Waals surface area contributed by atoms with Crippen LogP contribution < -0.4 is 10.6 Å². The Morgan fingerprint density at radius 1 is 1.00 bits per heavy atom. The topological polar surface area (TPSA) is 64.6 Å². The predicted octanol–water partition coefficient (Wildman–Crippen LogP) is 4.39. The second kappa shape index (κ2) is 9.87. The molecule has 0 unspecified atom stereocenters. The van der Waals surface area contributed by atoms with Crippen LogP contribution in [0.1, 0.15) is 28.4 Å². The zero-order chi connectivity index (χ0) is 24.3. The summed E-state index contributed by atoms with van der Waals surface area (Å²) in [5.41, 5.74) is 0.0393. The molecule has 4 rings (SSSR count). The first kappa shape index (κ1) is 23.8. The zero-order valence-corrected chi connectivity index (χ0v) is 18.7. The molecule has 1 amide bonds. The summed E-state index contributed by atoms with van der Waals surface area (Å²) >= 11 is 0. The van der Waals surface area contributed by atoms with E-state index < -0.39 is 34.6 Å². The maximum Gasteiger partial charge on any atom is 0.256 e. The Morgan fingerprint density at radius 3 is 2.41 bits per heavy atom. The van der Waals surface area contributed by atoms with E-state index in [0.717, 1.165) is 23.3 Å². The molecule has 0 aromatic heterocycles. The van der Waals surface area contributed by atoms with Crippen molar-refractivity contribution in [1.82, 2.24) is 10.2 Å². The normalized spacial score (nSPS) is 14.6. The number of β-amino-alcohol motifs (C(OH)–C–C–N with tert-alkyl or cyclic N) is 1. The van der Waals surface area contributed by atoms with Gasteiger partial charge in [0.25, 0.3) is 5.91 Å². The molecule has 0 spiro atoms. The average Bonchev–Trinajstić information content (AvgIpc) is 2.81. The van der Waals surface area contributed by atoms with Crippen LogP contribution in [0.4, 0.5) is 24.5 Å². The third kappa shape index (κ3) is 5.08. The maximum absolute atomic E-state index is 14.7. The van der Waals surface area contributed by atoms with Gasteiger partial charge in [-0.25, -0.2) is 13.2 Å². The van der Waals surface area contributed by atoms with Gasteiger partial charge in [-0.1, -0.05) is 43.3 Å². The summed E-state index contributed by atoms with van der Waals surface area (Å²) in [4.78, 5) is 14.4. The van der Waals surface area contributed by atoms with Gasteiger partial charge in [-0.05, 0) is 41.8 Å². The molecule has 5 nitrogen and oxygen atoms in total. The molecule has 1 heterocycles. The smallest absolute Gasteiger partial charge is 0.256 e. The third-order valence-electron chi connectivity index (χ3n) is 5.91. The number of carbonyl (C=O) groups excluding carboxylic acids is 1. The van der Waals surface area contributed by atoms with E-state index in [0.29, 0.717) is 13.0 Å². The second-order valence-electron chi connectivity index (χ2n) is 8.55. The third-order valence-corrected chi connectivity index (χ3v) is 5.91. The second-order valence-corrected chi connectivity index (χ2v) is 8.55. The molecule has 1 aliphatic rings. The minimum Gasteiger partial charge on any atom is -0.385 e. The number of amides is 1. The van der Waals surface area contributed by atoms with E-state index in [-0.39, 0.29) is 30.9 Å². The molecule has 3 aromatic rings. The van der Waals surface area contributed by atoms with Crippen LogP contribution >= 0.6 is 0 Å². The first-order valence-corrected chi connectivity index (χ1v) is 11.1. The van der Waals surface area contributed by atoms with Gasteiger partial charge >= 0.3 is 0 Å². The Bertz CT molecular complexity index is 1180. The van der Waals surface area contributed by atoms with Gasteiger partial charge in [-0.3, -0.25) is 4.79 Å². The molecule has 3 N–H and O–H groups in total. The highest BCUT2D eigenvalue weighted by atomic mass is 19.2. The number of rotatable bonds is 8. The Kier molecular flexibility index (Phi) is 6.90. The Hall–Kier alpha value is -3.36. The summed E-state index contributed by atoms with van der Waals surface area (Å²) in [5.74, 6) is -3.65. The number of likely N-dealkylation sites (tertiary alicyclic amines) is 1. The average molecular weight is 470 g/mol. The Balaban J connectivity index is 1.45. The molecular weight excluding hydrogens is 443 g/mol. The Labute approximate surface area is 196 Å². The van der Waals surface area contributed by atoms with Gasteiger partial charge in [0, 0.05) is 13.1 Å². The van der Waals surface area contributed by atoms with Crippen molar-refractivity contribution in [1.29, 1.82) is 0 Å². The lowest BCUT2D eigenvalue weighted by Gasteiger charge is -2.46. The number of hydrogen-bond donors (Lipinski definition) is 3. The lowest BCUT2D eigenvalue weighted by molar-refractivity contribution is -0.0787. The number of nitrogens with zero attached hydrogens (tertiary/aromatic N) is 1. The van der Waals surface area contributed by atoms with Gasteiger partial charge in [0.15, 0.2) is 11.6 Å². The van der Waals surface area contributed by atoms with Crippen molar-refractivity contribution in [2.24, 2.45) is 0 Å². The molecule has 0 aliphatic carbocycles. The first-order chi connectivity index (χ1) is 16.3. The van der Waals surface area contributed by atoms with Gasteiger partial charge in [0.05, 0.1) is 30.0 Å². The van der Waals surface area contributed by atoms with Crippen LogP contribution in [0.25, 0.3) is 0 Å². The lowest BCUT2D eigenvalue weighted by Crippen LogP contribution is -2.67. The van der Waals surface area contributed by atoms with Crippen LogP contribution in [0.5, 0.6) is 0 Å². The minimum absolute atomic E-state index is 0.0333. The van der Waals surface area contributed by atoms with Gasteiger partial charge in [0.1, 0.15) is 11.4 Å². The summed E-state index contributed by atoms with van der Waals surface area (Å²) in [5, 5.41) is 16.4. The highest BCUT2D eigenvalue weighted by Crippen LogP contribution is 2.31. The maximum atomic E-state index is 14.7. The quantitative estimate of drug-likeness (QED) is 0.458. The molecule has 0 saturated carbocycles. The largest absolute Gasteiger partial charge is 0.385 e. The van der Waals surface area contributed by atoms with Gasteiger partial charge < -0.3 is 20.6 Å². The number of nitrogens with one attached hydrogen (secondary N) is 2. The molecule has 1 saturated heterocycles. The van der Waals surface area contributed by atoms with E-state index in [1.54, 1.807) is 6.07 Å². The SMILES string of the molecule is CCc1ccc(Nc2c(C(=O)N3CC(O)(CNCc4ccccc4)C3)ccc(F)c2F)c(F)c1. The highest BCUT2D eigenvalue weighted by Gasteiger charge is 2.44. The fourth-order valence-electron chi connectivity index (χ4n) is 3.99. The number of anilines is 2. The molecule has 8 heteroatoms. The van der Waals surface area contributed by atoms with Gasteiger partial charge in [0.2, 0.25) is 0 Å². The van der Waals surface area contributed by atoms with Crippen molar-refractivity contribution in [2.75, 3.05) is 25.0 Å². The van der Waals surface area contributed by atoms with Crippen LogP contribution in [0.2, 0.25) is 0 Å². The minimum atomic E-state index is -1.27. The molecule has 3 aromatic carbocycles. The van der Waals surface area contributed by atoms with Crippen molar-refractivity contribution >= 4 is 17.3 Å². The van der Waals surface area contributed by atoms with E-state index in [1.807, 2.05) is 37.3 Å². The van der Waals surface area contributed by atoms with Crippen LogP contribution in [-0.4, -0.2) is 41.1 Å². The van der Waals surface area contributed by atoms with Crippen LogP contribution in [0, 0.1) is 17.5 Å². The fourth-order valence-corrected chi connectivity index (χ4v) is 3.99. The summed E-state index contributed by atoms with van der Waals surface area (Å²) in [7, 11) is 0. The molecule has 178 valence electrons. The number of benzene rings is 3. The molecule has 1 aliphatic heterocycles. The molecule has 0 radical (unpaired) electrons. The van der Waals surface area contributed by atoms with Gasteiger partial charge in [-0.15, -0.1) is 0 Å². The van der Waals surface area contributed by atoms with E-state index in [2.05, 4.69) is 10.6 Å². The van der Waals surface area contributed by atoms with E-state index in [1.165, 1.54) is 17.0 Å². The summed E-state index contributed by atoms with van der Waals surface area (Å²) in [6.45, 7) is 2.77. The molecule has 0 atom stereocenters. The summed E-state index contributed by atoms with van der Waals surface area (Å²) in [6.07, 6.45) is 0.618. The standard InChI is InChI=1S/C26H26F3N3O2/c1-2-17-8-11-22(21(28)12-17)31-24-19(9-10-20(27)23(24)29)25(33)32-15-26(34,16-32)14-30-13-18-6-4-3-5-7-18/h3-12,30-31,34H,2,13-16H2,1H3. The first-order valence-electron chi connectivity index (χ1n) is 11.1. The van der Waals surface area contributed by atoms with E-state index in [9.17, 15) is 23.1 Å². The molecule has 0 bridgehead atoms. The zero-order valence-electron chi connectivity index (χ0n) is 18.7. The van der Waals surface area contributed by atoms with Crippen LogP contribution in [-0.2, 0) is 13.0 Å². The molecule has 1 fully saturated rings. The summed E-state index contributed by atoms with van der Waals surface area (Å²) in [6, 6.07) is 16.1. The highest BCUT2D eigenvalue weighted by molar-refractivity contribution is 6.01. The van der Waals surface area contributed by atoms with Crippen molar-refractivity contribution in [2.45, 2.75) is 25.5 Å². The van der Waals surface area contributed by atoms with Crippen LogP contribution in [0.3, 0.4) is 0 Å². The fraction of sp³-hybridized carbons (Fsp3) is 0.269. The summed E-state index contributed by atoms with van der Waals surface area (Å²) < 4.78 is 43.1. The van der Waals surface area contributed by atoms with Crippen LogP contribution in [0.15, 0.2) is 60.7 Å². The van der Waals surface area contributed by atoms with Crippen molar-refractivity contribution in [3.8, 4) is 0 Å². The number of carbonyl (C=O) groups is 1. The molecular formula is C26H26F3N3O2. The number of aryl methyl sites for hydroxylation is 1. The number of aliphatic hydroxyl groups is 1. The van der Waals surface area contributed by atoms with Crippen molar-refractivity contribution < 1.29 is 23.1 Å².